The highest BCUT2D eigenvalue weighted by atomic mass is 16.4. The van der Waals surface area contributed by atoms with Gasteiger partial charge in [-0.25, -0.2) is 0 Å². The Morgan fingerprint density at radius 3 is 2.00 bits per heavy atom. The molecular formula is C16H30N2O4. The topological polar surface area (TPSA) is 127 Å². The van der Waals surface area contributed by atoms with Crippen molar-refractivity contribution >= 4 is 11.9 Å². The maximum atomic E-state index is 10.5. The molecule has 0 saturated heterocycles. The quantitative estimate of drug-likeness (QED) is 0.628. The van der Waals surface area contributed by atoms with Crippen molar-refractivity contribution < 1.29 is 19.8 Å². The number of carboxylic acid groups (broad SMARTS) is 2. The van der Waals surface area contributed by atoms with Gasteiger partial charge in [-0.1, -0.05) is 32.1 Å². The first kappa shape index (κ1) is 18.9. The highest BCUT2D eigenvalue weighted by Gasteiger charge is 2.25. The summed E-state index contributed by atoms with van der Waals surface area (Å²) in [6, 6.07) is -0.504. The number of carbonyl (C=O) groups is 2. The van der Waals surface area contributed by atoms with E-state index >= 15 is 0 Å². The van der Waals surface area contributed by atoms with E-state index in [2.05, 4.69) is 0 Å². The van der Waals surface area contributed by atoms with Crippen LogP contribution < -0.4 is 11.5 Å². The van der Waals surface area contributed by atoms with Crippen LogP contribution >= 0.6 is 0 Å². The van der Waals surface area contributed by atoms with Crippen LogP contribution in [0.25, 0.3) is 0 Å². The molecule has 2 rings (SSSR count). The fourth-order valence-electron chi connectivity index (χ4n) is 3.41. The Hall–Kier alpha value is -1.14. The Morgan fingerprint density at radius 1 is 0.955 bits per heavy atom. The maximum Gasteiger partial charge on any atom is 0.320 e. The molecule has 2 aliphatic carbocycles. The zero-order valence-corrected chi connectivity index (χ0v) is 13.2. The van der Waals surface area contributed by atoms with Crippen molar-refractivity contribution in [2.45, 2.75) is 76.3 Å². The fraction of sp³-hybridized carbons (Fsp3) is 0.875. The minimum atomic E-state index is -0.850. The first-order valence-electron chi connectivity index (χ1n) is 8.37. The molecule has 0 bridgehead atoms. The molecule has 6 nitrogen and oxygen atoms in total. The number of rotatable bonds is 4. The lowest BCUT2D eigenvalue weighted by molar-refractivity contribution is -0.140. The average Bonchev–Trinajstić information content (AvgIpc) is 2.50. The summed E-state index contributed by atoms with van der Waals surface area (Å²) in [6.45, 7) is 0. The van der Waals surface area contributed by atoms with Gasteiger partial charge in [-0.2, -0.15) is 0 Å². The monoisotopic (exact) mass is 314 g/mol. The summed E-state index contributed by atoms with van der Waals surface area (Å²) < 4.78 is 0. The number of hydrogen-bond donors (Lipinski definition) is 4. The van der Waals surface area contributed by atoms with E-state index in [1.54, 1.807) is 0 Å². The standard InChI is InChI=1S/2C8H15NO2/c9-7-4-2-1-3-6(7)5-8(10)11;9-7(8(10)11)6-4-2-1-3-5-6/h2*6-7H,1-5,9H2,(H,10,11)/t6?,7-;7-/m10/s1. The van der Waals surface area contributed by atoms with Crippen molar-refractivity contribution in [1.82, 2.24) is 0 Å². The van der Waals surface area contributed by atoms with Gasteiger partial charge in [-0.15, -0.1) is 0 Å². The number of hydrogen-bond acceptors (Lipinski definition) is 4. The van der Waals surface area contributed by atoms with E-state index in [0.717, 1.165) is 51.4 Å². The largest absolute Gasteiger partial charge is 0.481 e. The van der Waals surface area contributed by atoms with Gasteiger partial charge in [0.1, 0.15) is 6.04 Å². The number of carboxylic acids is 2. The van der Waals surface area contributed by atoms with E-state index < -0.39 is 18.0 Å². The van der Waals surface area contributed by atoms with Gasteiger partial charge in [0.25, 0.3) is 0 Å². The summed E-state index contributed by atoms with van der Waals surface area (Å²) in [5, 5.41) is 17.1. The summed E-state index contributed by atoms with van der Waals surface area (Å²) in [6.07, 6.45) is 10.1. The summed E-state index contributed by atoms with van der Waals surface area (Å²) >= 11 is 0. The summed E-state index contributed by atoms with van der Waals surface area (Å²) in [4.78, 5) is 20.8. The molecule has 128 valence electrons. The molecule has 2 fully saturated rings. The molecule has 0 aromatic rings. The Labute approximate surface area is 132 Å². The SMILES string of the molecule is N[C@@H]1CCCCC1CC(=O)O.N[C@H](C(=O)O)C1CCCCC1. The van der Waals surface area contributed by atoms with Crippen LogP contribution in [0.4, 0.5) is 0 Å². The van der Waals surface area contributed by atoms with Crippen LogP contribution in [-0.2, 0) is 9.59 Å². The molecule has 3 atom stereocenters. The van der Waals surface area contributed by atoms with E-state index in [1.807, 2.05) is 0 Å². The van der Waals surface area contributed by atoms with Crippen LogP contribution in [0.15, 0.2) is 0 Å². The summed E-state index contributed by atoms with van der Waals surface area (Å²) in [7, 11) is 0. The van der Waals surface area contributed by atoms with Crippen LogP contribution in [0.5, 0.6) is 0 Å². The second-order valence-corrected chi connectivity index (χ2v) is 6.57. The van der Waals surface area contributed by atoms with Crippen LogP contribution in [0.1, 0.15) is 64.2 Å². The Morgan fingerprint density at radius 2 is 1.50 bits per heavy atom. The molecule has 2 saturated carbocycles. The first-order valence-corrected chi connectivity index (χ1v) is 8.37. The lowest BCUT2D eigenvalue weighted by Gasteiger charge is -2.26. The normalized spacial score (nSPS) is 27.4. The van der Waals surface area contributed by atoms with Gasteiger partial charge in [-0.3, -0.25) is 9.59 Å². The lowest BCUT2D eigenvalue weighted by Crippen LogP contribution is -2.38. The first-order chi connectivity index (χ1) is 10.4. The van der Waals surface area contributed by atoms with E-state index in [4.69, 9.17) is 21.7 Å². The van der Waals surface area contributed by atoms with Crippen LogP contribution in [0.2, 0.25) is 0 Å². The Balaban J connectivity index is 0.000000220. The van der Waals surface area contributed by atoms with Crippen molar-refractivity contribution in [3.63, 3.8) is 0 Å². The van der Waals surface area contributed by atoms with Crippen LogP contribution in [0, 0.1) is 11.8 Å². The van der Waals surface area contributed by atoms with E-state index in [1.165, 1.54) is 6.42 Å². The Bertz CT molecular complexity index is 353. The third kappa shape index (κ3) is 6.75. The highest BCUT2D eigenvalue weighted by Crippen LogP contribution is 2.26. The van der Waals surface area contributed by atoms with Crippen molar-refractivity contribution in [2.24, 2.45) is 23.3 Å². The molecule has 0 radical (unpaired) electrons. The van der Waals surface area contributed by atoms with Gasteiger partial charge < -0.3 is 21.7 Å². The predicted octanol–water partition coefficient (Wildman–Crippen LogP) is 1.96. The van der Waals surface area contributed by atoms with Gasteiger partial charge in [0.15, 0.2) is 0 Å². The minimum absolute atomic E-state index is 0.125. The molecular weight excluding hydrogens is 284 g/mol. The molecule has 0 aliphatic heterocycles. The molecule has 2 aliphatic rings. The van der Waals surface area contributed by atoms with Gasteiger partial charge in [0, 0.05) is 12.5 Å². The van der Waals surface area contributed by atoms with Crippen molar-refractivity contribution in [2.75, 3.05) is 0 Å². The minimum Gasteiger partial charge on any atom is -0.481 e. The summed E-state index contributed by atoms with van der Waals surface area (Å²) in [5.74, 6) is -1.12. The van der Waals surface area contributed by atoms with Crippen LogP contribution in [-0.4, -0.2) is 34.2 Å². The van der Waals surface area contributed by atoms with Gasteiger partial charge >= 0.3 is 11.9 Å². The molecule has 0 aromatic heterocycles. The fourth-order valence-corrected chi connectivity index (χ4v) is 3.41. The van der Waals surface area contributed by atoms with E-state index in [0.29, 0.717) is 0 Å². The molecule has 22 heavy (non-hydrogen) atoms. The number of aliphatic carboxylic acids is 2. The molecule has 6 N–H and O–H groups in total. The molecule has 0 amide bonds. The lowest BCUT2D eigenvalue weighted by atomic mass is 9.83. The van der Waals surface area contributed by atoms with Gasteiger partial charge in [0.2, 0.25) is 0 Å². The maximum absolute atomic E-state index is 10.5. The highest BCUT2D eigenvalue weighted by molar-refractivity contribution is 5.73. The smallest absolute Gasteiger partial charge is 0.320 e. The van der Waals surface area contributed by atoms with Gasteiger partial charge in [-0.05, 0) is 37.5 Å². The summed E-state index contributed by atoms with van der Waals surface area (Å²) in [5.41, 5.74) is 11.3. The van der Waals surface area contributed by atoms with Crippen molar-refractivity contribution in [1.29, 1.82) is 0 Å². The molecule has 0 aromatic carbocycles. The molecule has 6 heteroatoms. The Kier molecular flexibility index (Phi) is 8.42. The van der Waals surface area contributed by atoms with Gasteiger partial charge in [0.05, 0.1) is 0 Å². The second-order valence-electron chi connectivity index (χ2n) is 6.57. The molecule has 1 unspecified atom stereocenters. The van der Waals surface area contributed by atoms with Crippen LogP contribution in [0.3, 0.4) is 0 Å². The second kappa shape index (κ2) is 9.79. The average molecular weight is 314 g/mol. The zero-order valence-electron chi connectivity index (χ0n) is 13.2. The third-order valence-corrected chi connectivity index (χ3v) is 4.85. The van der Waals surface area contributed by atoms with Crippen molar-refractivity contribution in [3.8, 4) is 0 Å². The third-order valence-electron chi connectivity index (χ3n) is 4.85. The van der Waals surface area contributed by atoms with Crippen molar-refractivity contribution in [3.05, 3.63) is 0 Å². The van der Waals surface area contributed by atoms with E-state index in [9.17, 15) is 9.59 Å². The molecule has 0 spiro atoms. The zero-order chi connectivity index (χ0) is 16.5. The predicted molar refractivity (Wildman–Crippen MR) is 84.4 cm³/mol. The molecule has 0 heterocycles. The number of nitrogens with two attached hydrogens (primary N) is 2. The van der Waals surface area contributed by atoms with E-state index in [-0.39, 0.29) is 24.3 Å².